The second-order valence-electron chi connectivity index (χ2n) is 7.39. The molecule has 1 aromatic carbocycles. The molecule has 0 bridgehead atoms. The minimum Gasteiger partial charge on any atom is -0.660 e. The molecule has 29 heavy (non-hydrogen) atoms. The summed E-state index contributed by atoms with van der Waals surface area (Å²) >= 11 is 0. The van der Waals surface area contributed by atoms with Gasteiger partial charge in [-0.15, -0.1) is 13.1 Å². The molecular formula is C23H36N3O2Y-. The Morgan fingerprint density at radius 1 is 0.966 bits per heavy atom. The van der Waals surface area contributed by atoms with Crippen LogP contribution in [-0.2, 0) is 32.7 Å². The average molecular weight is 475 g/mol. The van der Waals surface area contributed by atoms with Gasteiger partial charge in [-0.05, 0) is 56.9 Å². The second-order valence-corrected chi connectivity index (χ2v) is 7.39. The normalized spacial score (nSPS) is 17.7. The van der Waals surface area contributed by atoms with Gasteiger partial charge in [0.05, 0.1) is 0 Å². The van der Waals surface area contributed by atoms with Gasteiger partial charge in [-0.1, -0.05) is 32.9 Å². The fourth-order valence-corrected chi connectivity index (χ4v) is 3.85. The van der Waals surface area contributed by atoms with Crippen molar-refractivity contribution >= 4 is 11.7 Å². The van der Waals surface area contributed by atoms with Gasteiger partial charge in [0.25, 0.3) is 5.91 Å². The van der Waals surface area contributed by atoms with E-state index in [1.54, 1.807) is 24.3 Å². The predicted molar refractivity (Wildman–Crippen MR) is 115 cm³/mol. The molecule has 0 spiro atoms. The van der Waals surface area contributed by atoms with Gasteiger partial charge in [0.1, 0.15) is 0 Å². The van der Waals surface area contributed by atoms with Crippen LogP contribution < -0.4 is 0 Å². The zero-order valence-corrected chi connectivity index (χ0v) is 21.2. The first kappa shape index (κ1) is 26.4. The molecule has 5 nitrogen and oxygen atoms in total. The van der Waals surface area contributed by atoms with E-state index in [0.29, 0.717) is 17.5 Å². The van der Waals surface area contributed by atoms with Gasteiger partial charge in [0.15, 0.2) is 5.78 Å². The molecule has 1 radical (unpaired) electrons. The van der Waals surface area contributed by atoms with E-state index < -0.39 is 0 Å². The number of rotatable bonds is 6. The summed E-state index contributed by atoms with van der Waals surface area (Å²) in [6, 6.07) is 7.13. The Balaban J connectivity index is 0.00000136. The zero-order valence-electron chi connectivity index (χ0n) is 18.4. The molecule has 0 unspecified atom stereocenters. The first-order valence-corrected chi connectivity index (χ1v) is 11.0. The monoisotopic (exact) mass is 475 g/mol. The SMILES string of the molecule is CC.CCC(=O)c1ccc(C(=O)N2CCC(CCN3CC[N-]CC3)CC2)cc1.[Y]. The second kappa shape index (κ2) is 14.4. The summed E-state index contributed by atoms with van der Waals surface area (Å²) in [5.74, 6) is 0.936. The molecule has 0 atom stereocenters. The molecule has 159 valence electrons. The molecule has 1 aromatic rings. The van der Waals surface area contributed by atoms with Crippen molar-refractivity contribution in [3.63, 3.8) is 0 Å². The van der Waals surface area contributed by atoms with E-state index in [-0.39, 0.29) is 44.4 Å². The summed E-state index contributed by atoms with van der Waals surface area (Å²) in [6.07, 6.45) is 3.91. The van der Waals surface area contributed by atoms with Crippen LogP contribution in [0.5, 0.6) is 0 Å². The van der Waals surface area contributed by atoms with Crippen LogP contribution in [0.2, 0.25) is 0 Å². The molecule has 2 fully saturated rings. The van der Waals surface area contributed by atoms with E-state index in [4.69, 9.17) is 0 Å². The van der Waals surface area contributed by atoms with Crippen molar-refractivity contribution in [1.29, 1.82) is 0 Å². The van der Waals surface area contributed by atoms with E-state index >= 15 is 0 Å². The number of ketones is 1. The number of Topliss-reactive ketones (excluding diaryl/α,β-unsaturated/α-hetero) is 1. The van der Waals surface area contributed by atoms with Crippen LogP contribution in [0.25, 0.3) is 5.32 Å². The zero-order chi connectivity index (χ0) is 20.4. The van der Waals surface area contributed by atoms with Gasteiger partial charge in [-0.3, -0.25) is 9.59 Å². The van der Waals surface area contributed by atoms with Crippen LogP contribution in [-0.4, -0.2) is 67.3 Å². The number of piperidine rings is 1. The molecule has 3 rings (SSSR count). The third kappa shape index (κ3) is 8.20. The van der Waals surface area contributed by atoms with Crippen LogP contribution >= 0.6 is 0 Å². The summed E-state index contributed by atoms with van der Waals surface area (Å²) < 4.78 is 0. The molecule has 0 N–H and O–H groups in total. The summed E-state index contributed by atoms with van der Waals surface area (Å²) in [5.41, 5.74) is 1.38. The molecular weight excluding hydrogens is 439 g/mol. The minimum absolute atomic E-state index is 0. The van der Waals surface area contributed by atoms with E-state index in [0.717, 1.165) is 58.0 Å². The maximum Gasteiger partial charge on any atom is 0.253 e. The molecule has 0 aliphatic carbocycles. The number of piperazine rings is 1. The average Bonchev–Trinajstić information content (AvgIpc) is 2.79. The number of nitrogens with zero attached hydrogens (tertiary/aromatic N) is 3. The largest absolute Gasteiger partial charge is 0.660 e. The standard InChI is InChI=1S/C21H30N3O2.C2H6.Y/c1-2-20(25)18-3-5-19(6-4-18)21(26)24-13-8-17(9-14-24)7-12-23-15-10-22-11-16-23;1-2;/h3-6,17H,2,7-16H2,1H3;1-2H3;/q-1;;. The summed E-state index contributed by atoms with van der Waals surface area (Å²) in [4.78, 5) is 28.9. The molecule has 2 heterocycles. The minimum atomic E-state index is 0. The van der Waals surface area contributed by atoms with Crippen molar-refractivity contribution < 1.29 is 42.3 Å². The Bertz CT molecular complexity index is 607. The van der Waals surface area contributed by atoms with Gasteiger partial charge in [-0.2, -0.15) is 0 Å². The van der Waals surface area contributed by atoms with Gasteiger partial charge in [0.2, 0.25) is 0 Å². The summed E-state index contributed by atoms with van der Waals surface area (Å²) in [5, 5.41) is 4.40. The van der Waals surface area contributed by atoms with Crippen molar-refractivity contribution in [2.45, 2.75) is 46.5 Å². The topological polar surface area (TPSA) is 54.7 Å². The van der Waals surface area contributed by atoms with Crippen molar-refractivity contribution in [3.05, 3.63) is 40.7 Å². The molecule has 6 heteroatoms. The van der Waals surface area contributed by atoms with Gasteiger partial charge >= 0.3 is 0 Å². The third-order valence-electron chi connectivity index (χ3n) is 5.68. The Morgan fingerprint density at radius 2 is 1.52 bits per heavy atom. The first-order valence-electron chi connectivity index (χ1n) is 11.0. The smallest absolute Gasteiger partial charge is 0.253 e. The Labute approximate surface area is 201 Å². The third-order valence-corrected chi connectivity index (χ3v) is 5.68. The van der Waals surface area contributed by atoms with Gasteiger partial charge < -0.3 is 15.1 Å². The molecule has 0 saturated carbocycles. The van der Waals surface area contributed by atoms with E-state index in [1.807, 2.05) is 25.7 Å². The van der Waals surface area contributed by atoms with Gasteiger partial charge in [-0.25, -0.2) is 0 Å². The number of hydrogen-bond acceptors (Lipinski definition) is 3. The van der Waals surface area contributed by atoms with Gasteiger partial charge in [0, 0.05) is 63.3 Å². The van der Waals surface area contributed by atoms with Crippen molar-refractivity contribution in [2.24, 2.45) is 5.92 Å². The molecule has 2 aliphatic heterocycles. The maximum absolute atomic E-state index is 12.7. The molecule has 1 amide bonds. The Hall–Kier alpha value is -0.616. The number of benzene rings is 1. The van der Waals surface area contributed by atoms with Crippen LogP contribution in [0.15, 0.2) is 24.3 Å². The number of hydrogen-bond donors (Lipinski definition) is 0. The summed E-state index contributed by atoms with van der Waals surface area (Å²) in [7, 11) is 0. The van der Waals surface area contributed by atoms with Crippen molar-refractivity contribution in [3.8, 4) is 0 Å². The molecule has 2 saturated heterocycles. The van der Waals surface area contributed by atoms with E-state index in [1.165, 1.54) is 13.0 Å². The summed E-state index contributed by atoms with van der Waals surface area (Å²) in [6.45, 7) is 12.9. The quantitative estimate of drug-likeness (QED) is 0.579. The van der Waals surface area contributed by atoms with E-state index in [9.17, 15) is 9.59 Å². The number of likely N-dealkylation sites (tertiary alicyclic amines) is 1. The van der Waals surface area contributed by atoms with Crippen molar-refractivity contribution in [2.75, 3.05) is 45.8 Å². The fourth-order valence-electron chi connectivity index (χ4n) is 3.85. The first-order chi connectivity index (χ1) is 13.7. The van der Waals surface area contributed by atoms with Crippen LogP contribution in [0.1, 0.15) is 67.2 Å². The van der Waals surface area contributed by atoms with Crippen LogP contribution in [0, 0.1) is 5.92 Å². The van der Waals surface area contributed by atoms with Crippen molar-refractivity contribution in [1.82, 2.24) is 9.80 Å². The van der Waals surface area contributed by atoms with E-state index in [2.05, 4.69) is 10.2 Å². The maximum atomic E-state index is 12.7. The number of carbonyl (C=O) groups excluding carboxylic acids is 2. The number of carbonyl (C=O) groups is 2. The fraction of sp³-hybridized carbons (Fsp3) is 0.652. The van der Waals surface area contributed by atoms with Crippen LogP contribution in [0.3, 0.4) is 0 Å². The Morgan fingerprint density at radius 3 is 2.07 bits per heavy atom. The number of amides is 1. The molecule has 2 aliphatic rings. The molecule has 0 aromatic heterocycles. The Kier molecular flexibility index (Phi) is 13.1. The predicted octanol–water partition coefficient (Wildman–Crippen LogP) is 4.23. The van der Waals surface area contributed by atoms with Crippen LogP contribution in [0.4, 0.5) is 0 Å².